The van der Waals surface area contributed by atoms with Crippen molar-refractivity contribution in [1.82, 2.24) is 10.6 Å². The molecule has 2 heterocycles. The van der Waals surface area contributed by atoms with Gasteiger partial charge in [-0.1, -0.05) is 30.3 Å². The van der Waals surface area contributed by atoms with Gasteiger partial charge in [0.05, 0.1) is 6.26 Å². The van der Waals surface area contributed by atoms with Gasteiger partial charge < -0.3 is 24.6 Å². The van der Waals surface area contributed by atoms with E-state index in [2.05, 4.69) is 10.6 Å². The fourth-order valence-corrected chi connectivity index (χ4v) is 4.26. The largest absolute Gasteiger partial charge is 0.481 e. The maximum absolute atomic E-state index is 12.7. The highest BCUT2D eigenvalue weighted by molar-refractivity contribution is 6.02. The molecule has 9 nitrogen and oxygen atoms in total. The van der Waals surface area contributed by atoms with Crippen LogP contribution in [0.1, 0.15) is 37.3 Å². The lowest BCUT2D eigenvalue weighted by atomic mass is 9.99. The summed E-state index contributed by atoms with van der Waals surface area (Å²) in [6, 6.07) is 12.7. The van der Waals surface area contributed by atoms with Gasteiger partial charge >= 0.3 is 11.6 Å². The number of amides is 2. The Labute approximate surface area is 212 Å². The molecule has 4 rings (SSSR count). The van der Waals surface area contributed by atoms with E-state index in [1.54, 1.807) is 19.3 Å². The normalized spacial score (nSPS) is 11.9. The molecule has 2 amide bonds. The Hall–Kier alpha value is -4.40. The first kappa shape index (κ1) is 25.7. The first-order chi connectivity index (χ1) is 17.7. The van der Waals surface area contributed by atoms with Crippen LogP contribution in [-0.2, 0) is 20.8 Å². The maximum Gasteiger partial charge on any atom is 0.339 e. The molecule has 0 fully saturated rings. The fraction of sp³-hybridized carbons (Fsp3) is 0.286. The smallest absolute Gasteiger partial charge is 0.339 e. The number of carbonyl (C=O) groups is 3. The van der Waals surface area contributed by atoms with Crippen LogP contribution in [0.4, 0.5) is 0 Å². The number of rotatable bonds is 10. The standard InChI is InChI=1S/C28H28N2O7/c1-16-19(10-11-25(31)30-17(2)27(34)29-12-6-9-26(32)33)28(35)37-24-14-23-21(13-20(16)24)22(15-36-23)18-7-4-3-5-8-18/h3-5,7-8,13-15,17H,6,9-12H2,1-2H3,(H,29,34)(H,30,31)(H,32,33)/t17-/m1/s1. The van der Waals surface area contributed by atoms with Gasteiger partial charge in [-0.15, -0.1) is 0 Å². The predicted octanol–water partition coefficient (Wildman–Crippen LogP) is 3.93. The van der Waals surface area contributed by atoms with Gasteiger partial charge in [0.15, 0.2) is 0 Å². The van der Waals surface area contributed by atoms with Crippen molar-refractivity contribution in [1.29, 1.82) is 0 Å². The molecule has 2 aromatic heterocycles. The number of carbonyl (C=O) groups excluding carboxylic acids is 2. The molecular formula is C28H28N2O7. The van der Waals surface area contributed by atoms with Gasteiger partial charge in [0, 0.05) is 47.4 Å². The maximum atomic E-state index is 12.7. The van der Waals surface area contributed by atoms with Crippen molar-refractivity contribution in [2.75, 3.05) is 6.54 Å². The number of aliphatic carboxylic acids is 1. The molecule has 0 aliphatic carbocycles. The quantitative estimate of drug-likeness (QED) is 0.220. The summed E-state index contributed by atoms with van der Waals surface area (Å²) >= 11 is 0. The van der Waals surface area contributed by atoms with E-state index in [0.717, 1.165) is 27.5 Å². The van der Waals surface area contributed by atoms with Crippen LogP contribution in [0.3, 0.4) is 0 Å². The van der Waals surface area contributed by atoms with E-state index in [4.69, 9.17) is 13.9 Å². The molecule has 4 aromatic rings. The number of hydrogen-bond donors (Lipinski definition) is 3. The van der Waals surface area contributed by atoms with Crippen molar-refractivity contribution in [2.24, 2.45) is 0 Å². The molecule has 2 aromatic carbocycles. The molecule has 0 saturated carbocycles. The summed E-state index contributed by atoms with van der Waals surface area (Å²) in [5.74, 6) is -1.72. The van der Waals surface area contributed by atoms with Crippen LogP contribution in [-0.4, -0.2) is 35.5 Å². The number of nitrogens with one attached hydrogen (secondary N) is 2. The minimum atomic E-state index is -0.935. The third-order valence-electron chi connectivity index (χ3n) is 6.31. The van der Waals surface area contributed by atoms with E-state index in [9.17, 15) is 19.2 Å². The van der Waals surface area contributed by atoms with Crippen LogP contribution in [0.15, 0.2) is 62.4 Å². The molecule has 0 bridgehead atoms. The fourth-order valence-electron chi connectivity index (χ4n) is 4.26. The van der Waals surface area contributed by atoms with Gasteiger partial charge in [-0.25, -0.2) is 4.79 Å². The zero-order valence-corrected chi connectivity index (χ0v) is 20.6. The minimum absolute atomic E-state index is 0.00302. The zero-order chi connectivity index (χ0) is 26.5. The third kappa shape index (κ3) is 5.88. The van der Waals surface area contributed by atoms with Gasteiger partial charge in [0.2, 0.25) is 11.8 Å². The van der Waals surface area contributed by atoms with Crippen molar-refractivity contribution < 1.29 is 28.3 Å². The zero-order valence-electron chi connectivity index (χ0n) is 20.6. The summed E-state index contributed by atoms with van der Waals surface area (Å²) in [4.78, 5) is 47.9. The number of furan rings is 1. The van der Waals surface area contributed by atoms with E-state index >= 15 is 0 Å². The van der Waals surface area contributed by atoms with Gasteiger partial charge in [-0.3, -0.25) is 14.4 Å². The Morgan fingerprint density at radius 2 is 1.78 bits per heavy atom. The second-order valence-corrected chi connectivity index (χ2v) is 8.93. The Morgan fingerprint density at radius 1 is 1.03 bits per heavy atom. The number of aryl methyl sites for hydroxylation is 1. The molecule has 192 valence electrons. The van der Waals surface area contributed by atoms with Crippen LogP contribution >= 0.6 is 0 Å². The molecule has 3 N–H and O–H groups in total. The molecular weight excluding hydrogens is 476 g/mol. The van der Waals surface area contributed by atoms with Gasteiger partial charge in [-0.05, 0) is 43.9 Å². The Morgan fingerprint density at radius 3 is 2.51 bits per heavy atom. The molecule has 0 unspecified atom stereocenters. The van der Waals surface area contributed by atoms with Crippen molar-refractivity contribution in [3.05, 3.63) is 70.3 Å². The Bertz CT molecular complexity index is 1520. The topological polar surface area (TPSA) is 139 Å². The molecule has 0 spiro atoms. The first-order valence-corrected chi connectivity index (χ1v) is 12.1. The molecule has 0 radical (unpaired) electrons. The average Bonchev–Trinajstić information content (AvgIpc) is 3.28. The number of carboxylic acids is 1. The number of hydrogen-bond acceptors (Lipinski definition) is 6. The third-order valence-corrected chi connectivity index (χ3v) is 6.31. The lowest BCUT2D eigenvalue weighted by Crippen LogP contribution is -2.45. The summed E-state index contributed by atoms with van der Waals surface area (Å²) in [5, 5.41) is 15.5. The predicted molar refractivity (Wildman–Crippen MR) is 138 cm³/mol. The lowest BCUT2D eigenvalue weighted by molar-refractivity contribution is -0.137. The average molecular weight is 505 g/mol. The van der Waals surface area contributed by atoms with Crippen LogP contribution in [0.2, 0.25) is 0 Å². The molecule has 1 atom stereocenters. The summed E-state index contributed by atoms with van der Waals surface area (Å²) in [6.07, 6.45) is 2.08. The van der Waals surface area contributed by atoms with Crippen LogP contribution in [0.5, 0.6) is 0 Å². The summed E-state index contributed by atoms with van der Waals surface area (Å²) in [7, 11) is 0. The van der Waals surface area contributed by atoms with E-state index < -0.39 is 23.5 Å². The number of carboxylic acid groups (broad SMARTS) is 1. The van der Waals surface area contributed by atoms with E-state index in [0.29, 0.717) is 23.2 Å². The highest BCUT2D eigenvalue weighted by Gasteiger charge is 2.19. The summed E-state index contributed by atoms with van der Waals surface area (Å²) in [5.41, 5.74) is 3.56. The SMILES string of the molecule is Cc1c(CCC(=O)N[C@H](C)C(=O)NCCCC(=O)O)c(=O)oc2cc3occ(-c4ccccc4)c3cc12. The molecule has 9 heteroatoms. The first-order valence-electron chi connectivity index (χ1n) is 12.1. The Balaban J connectivity index is 1.47. The van der Waals surface area contributed by atoms with Gasteiger partial charge in [0.25, 0.3) is 0 Å². The highest BCUT2D eigenvalue weighted by atomic mass is 16.4. The lowest BCUT2D eigenvalue weighted by Gasteiger charge is -2.14. The van der Waals surface area contributed by atoms with Crippen molar-refractivity contribution in [3.8, 4) is 11.1 Å². The van der Waals surface area contributed by atoms with Crippen molar-refractivity contribution in [3.63, 3.8) is 0 Å². The van der Waals surface area contributed by atoms with Crippen LogP contribution < -0.4 is 16.3 Å². The van der Waals surface area contributed by atoms with Gasteiger partial charge in [-0.2, -0.15) is 0 Å². The molecule has 0 aliphatic rings. The van der Waals surface area contributed by atoms with Crippen LogP contribution in [0.25, 0.3) is 33.1 Å². The van der Waals surface area contributed by atoms with E-state index in [-0.39, 0.29) is 31.7 Å². The summed E-state index contributed by atoms with van der Waals surface area (Å²) < 4.78 is 11.3. The molecule has 37 heavy (non-hydrogen) atoms. The van der Waals surface area contributed by atoms with E-state index in [1.165, 1.54) is 0 Å². The second kappa shape index (κ2) is 11.1. The summed E-state index contributed by atoms with van der Waals surface area (Å²) in [6.45, 7) is 3.58. The Kier molecular flexibility index (Phi) is 7.71. The number of fused-ring (bicyclic) bond motifs is 2. The number of benzene rings is 2. The van der Waals surface area contributed by atoms with Crippen molar-refractivity contribution in [2.45, 2.75) is 45.6 Å². The molecule has 0 saturated heterocycles. The van der Waals surface area contributed by atoms with Gasteiger partial charge in [0.1, 0.15) is 17.2 Å². The highest BCUT2D eigenvalue weighted by Crippen LogP contribution is 2.34. The molecule has 0 aliphatic heterocycles. The monoisotopic (exact) mass is 504 g/mol. The van der Waals surface area contributed by atoms with Crippen LogP contribution in [0, 0.1) is 6.92 Å². The minimum Gasteiger partial charge on any atom is -0.481 e. The van der Waals surface area contributed by atoms with E-state index in [1.807, 2.05) is 43.3 Å². The van der Waals surface area contributed by atoms with Crippen molar-refractivity contribution >= 4 is 39.7 Å². The second-order valence-electron chi connectivity index (χ2n) is 8.93.